The summed E-state index contributed by atoms with van der Waals surface area (Å²) >= 11 is 0. The molecule has 4 N–H and O–H groups in total. The average Bonchev–Trinajstić information content (AvgIpc) is 2.47. The second-order valence-corrected chi connectivity index (χ2v) is 6.80. The summed E-state index contributed by atoms with van der Waals surface area (Å²) in [5.41, 5.74) is 7.10. The van der Waals surface area contributed by atoms with Crippen molar-refractivity contribution in [3.63, 3.8) is 0 Å². The molecule has 0 heterocycles. The lowest BCUT2D eigenvalue weighted by Gasteiger charge is -2.37. The molecule has 1 aromatic rings. The molecule has 2 rings (SSSR count). The maximum Gasteiger partial charge on any atom is 0.316 e. The molecular weight excluding hydrogens is 274 g/mol. The Morgan fingerprint density at radius 3 is 2.36 bits per heavy atom. The van der Waals surface area contributed by atoms with Crippen LogP contribution in [0.15, 0.2) is 24.3 Å². The van der Waals surface area contributed by atoms with E-state index < -0.39 is 6.03 Å². The Bertz CT molecular complexity index is 484. The van der Waals surface area contributed by atoms with Crippen LogP contribution >= 0.6 is 0 Å². The Kier molecular flexibility index (Phi) is 5.83. The van der Waals surface area contributed by atoms with Crippen LogP contribution < -0.4 is 16.4 Å². The zero-order valence-electron chi connectivity index (χ0n) is 13.9. The van der Waals surface area contributed by atoms with E-state index in [9.17, 15) is 4.79 Å². The zero-order chi connectivity index (χ0) is 16.1. The molecule has 22 heavy (non-hydrogen) atoms. The number of nitrogens with one attached hydrogen (secondary N) is 2. The predicted molar refractivity (Wildman–Crippen MR) is 91.8 cm³/mol. The first-order chi connectivity index (χ1) is 10.5. The zero-order valence-corrected chi connectivity index (χ0v) is 13.9. The van der Waals surface area contributed by atoms with Crippen LogP contribution in [0.5, 0.6) is 0 Å². The van der Waals surface area contributed by atoms with Crippen molar-refractivity contribution >= 4 is 11.7 Å². The lowest BCUT2D eigenvalue weighted by Crippen LogP contribution is -2.42. The summed E-state index contributed by atoms with van der Waals surface area (Å²) in [6.45, 7) is 6.88. The number of benzene rings is 1. The number of carbonyl (C=O) groups excluding carboxylic acids is 1. The highest BCUT2D eigenvalue weighted by atomic mass is 16.2. The molecule has 0 aromatic heterocycles. The van der Waals surface area contributed by atoms with Crippen LogP contribution in [0.3, 0.4) is 0 Å². The number of urea groups is 1. The first-order valence-corrected chi connectivity index (χ1v) is 8.40. The van der Waals surface area contributed by atoms with E-state index >= 15 is 0 Å². The van der Waals surface area contributed by atoms with E-state index in [1.165, 1.54) is 31.2 Å². The van der Waals surface area contributed by atoms with Crippen LogP contribution in [0, 0.1) is 11.8 Å². The van der Waals surface area contributed by atoms with Crippen molar-refractivity contribution in [2.75, 3.05) is 5.32 Å². The van der Waals surface area contributed by atoms with E-state index in [4.69, 9.17) is 5.73 Å². The van der Waals surface area contributed by atoms with Gasteiger partial charge >= 0.3 is 6.03 Å². The molecule has 1 aliphatic rings. The highest BCUT2D eigenvalue weighted by Gasteiger charge is 2.28. The van der Waals surface area contributed by atoms with Crippen molar-refractivity contribution < 1.29 is 4.79 Å². The van der Waals surface area contributed by atoms with Gasteiger partial charge < -0.3 is 16.4 Å². The number of amides is 2. The lowest BCUT2D eigenvalue weighted by atomic mass is 9.77. The molecule has 3 atom stereocenters. The molecule has 0 spiro atoms. The fourth-order valence-electron chi connectivity index (χ4n) is 3.58. The van der Waals surface area contributed by atoms with Crippen molar-refractivity contribution in [2.24, 2.45) is 17.6 Å². The van der Waals surface area contributed by atoms with Crippen LogP contribution in [0.25, 0.3) is 0 Å². The fourth-order valence-corrected chi connectivity index (χ4v) is 3.58. The molecular formula is C18H29N3O. The number of rotatable bonds is 5. The first-order valence-electron chi connectivity index (χ1n) is 8.40. The Morgan fingerprint density at radius 1 is 1.14 bits per heavy atom. The molecule has 1 fully saturated rings. The summed E-state index contributed by atoms with van der Waals surface area (Å²) in [4.78, 5) is 10.8. The van der Waals surface area contributed by atoms with Crippen molar-refractivity contribution in [1.29, 1.82) is 0 Å². The standard InChI is InChI=1S/C18H29N3O/c1-12(2)16-6-4-5-7-17(16)20-13(3)14-8-10-15(11-9-14)21-18(19)22/h8-13,16-17,20H,4-7H2,1-3H3,(H3,19,21,22)/t13-,16+,17+/m0/s1. The predicted octanol–water partition coefficient (Wildman–Crippen LogP) is 4.04. The van der Waals surface area contributed by atoms with Crippen molar-refractivity contribution in [1.82, 2.24) is 5.32 Å². The maximum absolute atomic E-state index is 10.8. The van der Waals surface area contributed by atoms with Crippen molar-refractivity contribution in [3.8, 4) is 0 Å². The Hall–Kier alpha value is -1.55. The minimum atomic E-state index is -0.527. The van der Waals surface area contributed by atoms with E-state index in [0.29, 0.717) is 12.1 Å². The smallest absolute Gasteiger partial charge is 0.316 e. The van der Waals surface area contributed by atoms with Gasteiger partial charge in [0.25, 0.3) is 0 Å². The number of nitrogens with two attached hydrogens (primary N) is 1. The van der Waals surface area contributed by atoms with E-state index in [-0.39, 0.29) is 0 Å². The van der Waals surface area contributed by atoms with Crippen LogP contribution in [0.2, 0.25) is 0 Å². The molecule has 122 valence electrons. The van der Waals surface area contributed by atoms with Gasteiger partial charge in [0, 0.05) is 17.8 Å². The third-order valence-electron chi connectivity index (χ3n) is 4.82. The summed E-state index contributed by atoms with van der Waals surface area (Å²) in [6, 6.07) is 8.30. The Morgan fingerprint density at radius 2 is 1.77 bits per heavy atom. The fraction of sp³-hybridized carbons (Fsp3) is 0.611. The first kappa shape index (κ1) is 16.8. The molecule has 0 saturated heterocycles. The van der Waals surface area contributed by atoms with Crippen LogP contribution in [-0.2, 0) is 0 Å². The molecule has 0 unspecified atom stereocenters. The molecule has 1 aliphatic carbocycles. The second-order valence-electron chi connectivity index (χ2n) is 6.80. The third kappa shape index (κ3) is 4.47. The van der Waals surface area contributed by atoms with Crippen molar-refractivity contribution in [3.05, 3.63) is 29.8 Å². The second kappa shape index (κ2) is 7.63. The van der Waals surface area contributed by atoms with Gasteiger partial charge in [-0.05, 0) is 49.3 Å². The molecule has 1 aromatic carbocycles. The third-order valence-corrected chi connectivity index (χ3v) is 4.82. The number of anilines is 1. The van der Waals surface area contributed by atoms with Crippen LogP contribution in [0.4, 0.5) is 10.5 Å². The van der Waals surface area contributed by atoms with Gasteiger partial charge in [0.05, 0.1) is 0 Å². The quantitative estimate of drug-likeness (QED) is 0.768. The Balaban J connectivity index is 1.98. The summed E-state index contributed by atoms with van der Waals surface area (Å²) in [5, 5.41) is 6.41. The summed E-state index contributed by atoms with van der Waals surface area (Å²) < 4.78 is 0. The number of hydrogen-bond donors (Lipinski definition) is 3. The van der Waals surface area contributed by atoms with Crippen LogP contribution in [0.1, 0.15) is 58.1 Å². The number of primary amides is 1. The average molecular weight is 303 g/mol. The number of carbonyl (C=O) groups is 1. The van der Waals surface area contributed by atoms with Crippen LogP contribution in [-0.4, -0.2) is 12.1 Å². The van der Waals surface area contributed by atoms with E-state index in [1.807, 2.05) is 12.1 Å². The Labute approximate surface area is 133 Å². The van der Waals surface area contributed by atoms with Gasteiger partial charge in [-0.25, -0.2) is 4.79 Å². The largest absolute Gasteiger partial charge is 0.351 e. The van der Waals surface area contributed by atoms with Gasteiger partial charge in [-0.3, -0.25) is 0 Å². The van der Waals surface area contributed by atoms with Gasteiger partial charge in [0.1, 0.15) is 0 Å². The van der Waals surface area contributed by atoms with Crippen molar-refractivity contribution in [2.45, 2.75) is 58.5 Å². The highest BCUT2D eigenvalue weighted by molar-refractivity contribution is 5.87. The van der Waals surface area contributed by atoms with E-state index in [1.54, 1.807) is 0 Å². The monoisotopic (exact) mass is 303 g/mol. The number of hydrogen-bond acceptors (Lipinski definition) is 2. The van der Waals surface area contributed by atoms with Gasteiger partial charge in [-0.2, -0.15) is 0 Å². The topological polar surface area (TPSA) is 67.2 Å². The van der Waals surface area contributed by atoms with Gasteiger partial charge in [-0.1, -0.05) is 38.8 Å². The molecule has 4 heteroatoms. The molecule has 0 radical (unpaired) electrons. The molecule has 4 nitrogen and oxygen atoms in total. The molecule has 1 saturated carbocycles. The molecule has 2 amide bonds. The molecule has 0 bridgehead atoms. The lowest BCUT2D eigenvalue weighted by molar-refractivity contribution is 0.195. The van der Waals surface area contributed by atoms with E-state index in [2.05, 4.69) is 43.5 Å². The summed E-state index contributed by atoms with van der Waals surface area (Å²) in [5.74, 6) is 1.50. The van der Waals surface area contributed by atoms with Gasteiger partial charge in [0.15, 0.2) is 0 Å². The minimum absolute atomic E-state index is 0.312. The SMILES string of the molecule is CC(C)[C@H]1CCCC[C@H]1N[C@@H](C)c1ccc(NC(N)=O)cc1. The molecule has 0 aliphatic heterocycles. The minimum Gasteiger partial charge on any atom is -0.351 e. The maximum atomic E-state index is 10.8. The van der Waals surface area contributed by atoms with Gasteiger partial charge in [0.2, 0.25) is 0 Å². The summed E-state index contributed by atoms with van der Waals surface area (Å²) in [7, 11) is 0. The summed E-state index contributed by atoms with van der Waals surface area (Å²) in [6.07, 6.45) is 5.30. The normalized spacial score (nSPS) is 23.3. The van der Waals surface area contributed by atoms with E-state index in [0.717, 1.165) is 17.5 Å². The van der Waals surface area contributed by atoms with Gasteiger partial charge in [-0.15, -0.1) is 0 Å². The highest BCUT2D eigenvalue weighted by Crippen LogP contribution is 2.31.